The normalized spacial score (nSPS) is 26.5. The lowest BCUT2D eigenvalue weighted by molar-refractivity contribution is -0.0389. The Bertz CT molecular complexity index is 534. The van der Waals surface area contributed by atoms with Crippen LogP contribution in [-0.2, 0) is 4.74 Å². The Morgan fingerprint density at radius 1 is 1.27 bits per heavy atom. The third kappa shape index (κ3) is 3.48. The zero-order valence-corrected chi connectivity index (χ0v) is 15.0. The molecule has 0 spiro atoms. The standard InChI is InChI=1S/C18H32N2O2/c1-7-18(6,8-2)12-14-13(17(3,4)5)11-15(22-14)20-10-9-19-16(20)21/h9-10,13-15H,7-8,11-12H2,1-6H3,(H,19,21)/t13-,14?,15-/m1/s1. The van der Waals surface area contributed by atoms with E-state index >= 15 is 0 Å². The van der Waals surface area contributed by atoms with Crippen molar-refractivity contribution < 1.29 is 4.74 Å². The van der Waals surface area contributed by atoms with Crippen molar-refractivity contribution in [3.8, 4) is 0 Å². The summed E-state index contributed by atoms with van der Waals surface area (Å²) in [5.41, 5.74) is 0.417. The van der Waals surface area contributed by atoms with E-state index in [0.717, 1.165) is 25.7 Å². The molecule has 4 nitrogen and oxygen atoms in total. The first-order chi connectivity index (χ1) is 10.2. The van der Waals surface area contributed by atoms with Gasteiger partial charge in [-0.25, -0.2) is 4.79 Å². The van der Waals surface area contributed by atoms with E-state index in [0.29, 0.717) is 11.3 Å². The lowest BCUT2D eigenvalue weighted by atomic mass is 9.70. The quantitative estimate of drug-likeness (QED) is 0.879. The van der Waals surface area contributed by atoms with Crippen LogP contribution in [0.2, 0.25) is 0 Å². The van der Waals surface area contributed by atoms with Crippen molar-refractivity contribution in [2.45, 2.75) is 79.6 Å². The molecule has 2 rings (SSSR count). The molecule has 1 saturated heterocycles. The monoisotopic (exact) mass is 308 g/mol. The average molecular weight is 308 g/mol. The van der Waals surface area contributed by atoms with Crippen LogP contribution in [0.15, 0.2) is 17.2 Å². The van der Waals surface area contributed by atoms with E-state index in [1.165, 1.54) is 0 Å². The highest BCUT2D eigenvalue weighted by Gasteiger charge is 2.44. The second kappa shape index (κ2) is 6.23. The highest BCUT2D eigenvalue weighted by atomic mass is 16.5. The fourth-order valence-corrected chi connectivity index (χ4v) is 3.58. The second-order valence-electron chi connectivity index (χ2n) is 8.23. The van der Waals surface area contributed by atoms with Crippen molar-refractivity contribution in [1.29, 1.82) is 0 Å². The molecular formula is C18H32N2O2. The number of aromatic amines is 1. The smallest absolute Gasteiger partial charge is 0.327 e. The number of aromatic nitrogens is 2. The Morgan fingerprint density at radius 3 is 2.36 bits per heavy atom. The molecule has 1 aromatic rings. The summed E-state index contributed by atoms with van der Waals surface area (Å²) in [6.07, 6.45) is 7.88. The summed E-state index contributed by atoms with van der Waals surface area (Å²) in [5.74, 6) is 0.469. The first-order valence-corrected chi connectivity index (χ1v) is 8.61. The van der Waals surface area contributed by atoms with Crippen molar-refractivity contribution in [2.24, 2.45) is 16.7 Å². The summed E-state index contributed by atoms with van der Waals surface area (Å²) >= 11 is 0. The molecule has 1 aromatic heterocycles. The predicted octanol–water partition coefficient (Wildman–Crippen LogP) is 4.34. The minimum Gasteiger partial charge on any atom is -0.354 e. The van der Waals surface area contributed by atoms with Crippen molar-refractivity contribution in [2.75, 3.05) is 0 Å². The van der Waals surface area contributed by atoms with Crippen LogP contribution in [0.1, 0.15) is 73.5 Å². The Labute approximate surface area is 134 Å². The molecule has 0 aromatic carbocycles. The topological polar surface area (TPSA) is 47.0 Å². The highest BCUT2D eigenvalue weighted by Crippen LogP contribution is 2.47. The van der Waals surface area contributed by atoms with Gasteiger partial charge in [0, 0.05) is 12.4 Å². The molecule has 1 N–H and O–H groups in total. The van der Waals surface area contributed by atoms with Crippen molar-refractivity contribution in [3.63, 3.8) is 0 Å². The molecule has 0 radical (unpaired) electrons. The molecule has 0 saturated carbocycles. The zero-order valence-electron chi connectivity index (χ0n) is 15.0. The number of imidazole rings is 1. The van der Waals surface area contributed by atoms with E-state index < -0.39 is 0 Å². The summed E-state index contributed by atoms with van der Waals surface area (Å²) in [4.78, 5) is 14.6. The molecule has 3 atom stereocenters. The summed E-state index contributed by atoms with van der Waals surface area (Å²) in [6.45, 7) is 13.7. The molecule has 1 aliphatic heterocycles. The van der Waals surface area contributed by atoms with Crippen LogP contribution in [0.25, 0.3) is 0 Å². The second-order valence-corrected chi connectivity index (χ2v) is 8.23. The van der Waals surface area contributed by atoms with Gasteiger partial charge in [0.05, 0.1) is 6.10 Å². The van der Waals surface area contributed by atoms with E-state index in [2.05, 4.69) is 46.5 Å². The summed E-state index contributed by atoms with van der Waals surface area (Å²) < 4.78 is 8.07. The summed E-state index contributed by atoms with van der Waals surface area (Å²) in [7, 11) is 0. The number of rotatable bonds is 5. The first kappa shape index (κ1) is 17.3. The van der Waals surface area contributed by atoms with E-state index in [9.17, 15) is 4.79 Å². The van der Waals surface area contributed by atoms with Gasteiger partial charge in [0.15, 0.2) is 0 Å². The van der Waals surface area contributed by atoms with Crippen molar-refractivity contribution >= 4 is 0 Å². The zero-order chi connectivity index (χ0) is 16.5. The SMILES string of the molecule is CCC(C)(CC)CC1O[C@@H](n2cc[nH]c2=O)C[C@H]1C(C)(C)C. The number of hydrogen-bond donors (Lipinski definition) is 1. The maximum absolute atomic E-state index is 11.9. The van der Waals surface area contributed by atoms with Crippen LogP contribution in [-0.4, -0.2) is 15.7 Å². The predicted molar refractivity (Wildman–Crippen MR) is 89.8 cm³/mol. The average Bonchev–Trinajstić information content (AvgIpc) is 3.04. The molecule has 1 fully saturated rings. The van der Waals surface area contributed by atoms with E-state index in [1.54, 1.807) is 17.0 Å². The van der Waals surface area contributed by atoms with Crippen LogP contribution >= 0.6 is 0 Å². The molecule has 0 amide bonds. The highest BCUT2D eigenvalue weighted by molar-refractivity contribution is 4.93. The van der Waals surface area contributed by atoms with Crippen LogP contribution in [0.3, 0.4) is 0 Å². The molecule has 0 bridgehead atoms. The summed E-state index contributed by atoms with van der Waals surface area (Å²) in [5, 5.41) is 0. The van der Waals surface area contributed by atoms with Gasteiger partial charge in [0.1, 0.15) is 6.23 Å². The Hall–Kier alpha value is -1.03. The lowest BCUT2D eigenvalue weighted by Crippen LogP contribution is -2.33. The number of H-pyrrole nitrogens is 1. The van der Waals surface area contributed by atoms with Gasteiger partial charge in [-0.15, -0.1) is 0 Å². The summed E-state index contributed by atoms with van der Waals surface area (Å²) in [6, 6.07) is 0. The molecule has 4 heteroatoms. The van der Waals surface area contributed by atoms with Gasteiger partial charge >= 0.3 is 5.69 Å². The maximum atomic E-state index is 11.9. The Kier molecular flexibility index (Phi) is 4.90. The third-order valence-electron chi connectivity index (χ3n) is 5.74. The minimum atomic E-state index is -0.133. The van der Waals surface area contributed by atoms with Crippen LogP contribution in [0, 0.1) is 16.7 Å². The molecule has 1 aliphatic rings. The van der Waals surface area contributed by atoms with Gasteiger partial charge in [-0.3, -0.25) is 4.57 Å². The molecule has 22 heavy (non-hydrogen) atoms. The van der Waals surface area contributed by atoms with E-state index in [1.807, 2.05) is 0 Å². The molecule has 126 valence electrons. The van der Waals surface area contributed by atoms with E-state index in [-0.39, 0.29) is 23.4 Å². The maximum Gasteiger partial charge on any atom is 0.327 e. The number of hydrogen-bond acceptors (Lipinski definition) is 2. The van der Waals surface area contributed by atoms with Gasteiger partial charge in [0.2, 0.25) is 0 Å². The Balaban J connectivity index is 2.23. The van der Waals surface area contributed by atoms with Gasteiger partial charge in [0.25, 0.3) is 0 Å². The fraction of sp³-hybridized carbons (Fsp3) is 0.833. The van der Waals surface area contributed by atoms with Crippen molar-refractivity contribution in [1.82, 2.24) is 9.55 Å². The molecule has 1 unspecified atom stereocenters. The molecular weight excluding hydrogens is 276 g/mol. The number of nitrogens with zero attached hydrogens (tertiary/aromatic N) is 1. The van der Waals surface area contributed by atoms with Crippen LogP contribution < -0.4 is 5.69 Å². The first-order valence-electron chi connectivity index (χ1n) is 8.61. The van der Waals surface area contributed by atoms with Gasteiger partial charge in [-0.2, -0.15) is 0 Å². The lowest BCUT2D eigenvalue weighted by Gasteiger charge is -2.36. The number of ether oxygens (including phenoxy) is 1. The van der Waals surface area contributed by atoms with Gasteiger partial charge in [-0.1, -0.05) is 54.4 Å². The van der Waals surface area contributed by atoms with Crippen molar-refractivity contribution in [3.05, 3.63) is 22.9 Å². The van der Waals surface area contributed by atoms with E-state index in [4.69, 9.17) is 4.74 Å². The largest absolute Gasteiger partial charge is 0.354 e. The van der Waals surface area contributed by atoms with Crippen LogP contribution in [0.5, 0.6) is 0 Å². The fourth-order valence-electron chi connectivity index (χ4n) is 3.58. The van der Waals surface area contributed by atoms with Gasteiger partial charge < -0.3 is 9.72 Å². The Morgan fingerprint density at radius 2 is 1.91 bits per heavy atom. The van der Waals surface area contributed by atoms with Crippen LogP contribution in [0.4, 0.5) is 0 Å². The minimum absolute atomic E-state index is 0.0768. The molecule has 0 aliphatic carbocycles. The number of nitrogens with one attached hydrogen (secondary N) is 1. The van der Waals surface area contributed by atoms with Gasteiger partial charge in [-0.05, 0) is 29.6 Å². The third-order valence-corrected chi connectivity index (χ3v) is 5.74. The molecule has 2 heterocycles.